The molecule has 1 aromatic carbocycles. The van der Waals surface area contributed by atoms with Gasteiger partial charge in [0.2, 0.25) is 5.91 Å². The van der Waals surface area contributed by atoms with Crippen LogP contribution in [0.2, 0.25) is 0 Å². The van der Waals surface area contributed by atoms with E-state index in [0.717, 1.165) is 11.4 Å². The molecule has 0 spiro atoms. The maximum absolute atomic E-state index is 12.4. The summed E-state index contributed by atoms with van der Waals surface area (Å²) in [5.74, 6) is 0.521. The molecule has 0 bridgehead atoms. The largest absolute Gasteiger partial charge is 0.495 e. The molecule has 29 heavy (non-hydrogen) atoms. The summed E-state index contributed by atoms with van der Waals surface area (Å²) in [6, 6.07) is 9.02. The number of methoxy groups -OCH3 is 1. The first-order chi connectivity index (χ1) is 14.0. The zero-order valence-corrected chi connectivity index (χ0v) is 16.7. The maximum Gasteiger partial charge on any atom is 0.317 e. The van der Waals surface area contributed by atoms with E-state index in [9.17, 15) is 9.59 Å². The molecule has 2 aromatic rings. The minimum absolute atomic E-state index is 0.105. The smallest absolute Gasteiger partial charge is 0.317 e. The van der Waals surface area contributed by atoms with Crippen molar-refractivity contribution >= 4 is 17.6 Å². The summed E-state index contributed by atoms with van der Waals surface area (Å²) in [7, 11) is 1.57. The van der Waals surface area contributed by atoms with Gasteiger partial charge in [0.05, 0.1) is 31.6 Å². The first-order valence-corrected chi connectivity index (χ1v) is 9.50. The number of nitrogens with zero attached hydrogens (tertiary/aromatic N) is 4. The molecule has 0 radical (unpaired) electrons. The highest BCUT2D eigenvalue weighted by Gasteiger charge is 2.22. The van der Waals surface area contributed by atoms with Crippen molar-refractivity contribution in [2.75, 3.05) is 45.2 Å². The number of anilines is 1. The molecule has 0 aliphatic carbocycles. The summed E-state index contributed by atoms with van der Waals surface area (Å²) in [4.78, 5) is 36.7. The molecule has 0 saturated carbocycles. The Bertz CT molecular complexity index is 852. The number of rotatable bonds is 6. The van der Waals surface area contributed by atoms with Crippen LogP contribution in [0.4, 0.5) is 10.5 Å². The average molecular weight is 398 g/mol. The number of aromatic nitrogens is 2. The highest BCUT2D eigenvalue weighted by molar-refractivity contribution is 5.93. The minimum Gasteiger partial charge on any atom is -0.495 e. The zero-order chi connectivity index (χ0) is 20.6. The quantitative estimate of drug-likeness (QED) is 0.760. The van der Waals surface area contributed by atoms with Crippen LogP contribution >= 0.6 is 0 Å². The number of hydrogen-bond donors (Lipinski definition) is 2. The van der Waals surface area contributed by atoms with Crippen LogP contribution in [0, 0.1) is 6.92 Å². The lowest BCUT2D eigenvalue weighted by Crippen LogP contribution is -2.52. The van der Waals surface area contributed by atoms with Gasteiger partial charge >= 0.3 is 6.03 Å². The molecule has 1 aliphatic heterocycles. The number of hydrogen-bond acceptors (Lipinski definition) is 6. The molecule has 9 nitrogen and oxygen atoms in total. The number of urea groups is 1. The molecule has 2 N–H and O–H groups in total. The maximum atomic E-state index is 12.4. The molecule has 9 heteroatoms. The van der Waals surface area contributed by atoms with E-state index in [1.54, 1.807) is 24.1 Å². The van der Waals surface area contributed by atoms with Gasteiger partial charge in [0, 0.05) is 31.9 Å². The van der Waals surface area contributed by atoms with Crippen LogP contribution in [0.3, 0.4) is 0 Å². The summed E-state index contributed by atoms with van der Waals surface area (Å²) in [6.45, 7) is 4.93. The van der Waals surface area contributed by atoms with Crippen LogP contribution in [0.5, 0.6) is 5.75 Å². The highest BCUT2D eigenvalue weighted by Crippen LogP contribution is 2.22. The third-order valence-electron chi connectivity index (χ3n) is 4.69. The highest BCUT2D eigenvalue weighted by atomic mass is 16.5. The van der Waals surface area contributed by atoms with Crippen molar-refractivity contribution in [2.24, 2.45) is 0 Å². The number of benzene rings is 1. The SMILES string of the molecule is COc1ccccc1NC(=O)CN1CCN(C(=O)NCc2cc(C)ncn2)CC1. The molecule has 1 aliphatic rings. The number of nitrogens with one attached hydrogen (secondary N) is 2. The van der Waals surface area contributed by atoms with Crippen molar-refractivity contribution < 1.29 is 14.3 Å². The van der Waals surface area contributed by atoms with Crippen molar-refractivity contribution in [3.63, 3.8) is 0 Å². The van der Waals surface area contributed by atoms with Gasteiger partial charge in [-0.05, 0) is 25.1 Å². The van der Waals surface area contributed by atoms with Crippen molar-refractivity contribution in [3.05, 3.63) is 48.0 Å². The van der Waals surface area contributed by atoms with Crippen LogP contribution in [0.1, 0.15) is 11.4 Å². The second kappa shape index (κ2) is 9.83. The lowest BCUT2D eigenvalue weighted by molar-refractivity contribution is -0.117. The summed E-state index contributed by atoms with van der Waals surface area (Å²) < 4.78 is 5.25. The first-order valence-electron chi connectivity index (χ1n) is 9.50. The standard InChI is InChI=1S/C20H26N6O3/c1-15-11-16(23-14-22-15)12-21-20(28)26-9-7-25(8-10-26)13-19(27)24-17-5-3-4-6-18(17)29-2/h3-6,11,14H,7-10,12-13H2,1-2H3,(H,21,28)(H,24,27). The third-order valence-corrected chi connectivity index (χ3v) is 4.69. The van der Waals surface area contributed by atoms with Crippen molar-refractivity contribution in [3.8, 4) is 5.75 Å². The summed E-state index contributed by atoms with van der Waals surface area (Å²) in [6.07, 6.45) is 1.49. The number of carbonyl (C=O) groups excluding carboxylic acids is 2. The Morgan fingerprint density at radius 2 is 1.90 bits per heavy atom. The van der Waals surface area contributed by atoms with Gasteiger partial charge in [-0.1, -0.05) is 12.1 Å². The van der Waals surface area contributed by atoms with E-state index in [0.29, 0.717) is 44.2 Å². The van der Waals surface area contributed by atoms with Gasteiger partial charge in [0.25, 0.3) is 0 Å². The Kier molecular flexibility index (Phi) is 6.96. The number of piperazine rings is 1. The lowest BCUT2D eigenvalue weighted by atomic mass is 10.2. The number of amides is 3. The van der Waals surface area contributed by atoms with Crippen molar-refractivity contribution in [2.45, 2.75) is 13.5 Å². The Hall–Kier alpha value is -3.20. The Morgan fingerprint density at radius 1 is 1.14 bits per heavy atom. The number of ether oxygens (including phenoxy) is 1. The Morgan fingerprint density at radius 3 is 2.62 bits per heavy atom. The van der Waals surface area contributed by atoms with Gasteiger partial charge in [-0.25, -0.2) is 14.8 Å². The van der Waals surface area contributed by atoms with E-state index in [2.05, 4.69) is 20.6 Å². The topological polar surface area (TPSA) is 99.7 Å². The molecule has 1 fully saturated rings. The second-order valence-corrected chi connectivity index (χ2v) is 6.82. The van der Waals surface area contributed by atoms with E-state index in [-0.39, 0.29) is 18.5 Å². The Balaban J connectivity index is 1.41. The predicted molar refractivity (Wildman–Crippen MR) is 109 cm³/mol. The van der Waals surface area contributed by atoms with Gasteiger partial charge < -0.3 is 20.3 Å². The number of aryl methyl sites for hydroxylation is 1. The summed E-state index contributed by atoms with van der Waals surface area (Å²) in [5, 5.41) is 5.76. The lowest BCUT2D eigenvalue weighted by Gasteiger charge is -2.34. The fraction of sp³-hybridized carbons (Fsp3) is 0.400. The summed E-state index contributed by atoms with van der Waals surface area (Å²) in [5.41, 5.74) is 2.29. The molecule has 3 amide bonds. The molecule has 2 heterocycles. The Labute approximate surface area is 170 Å². The average Bonchev–Trinajstić information content (AvgIpc) is 2.73. The monoisotopic (exact) mass is 398 g/mol. The second-order valence-electron chi connectivity index (χ2n) is 6.82. The molecular formula is C20H26N6O3. The molecule has 1 saturated heterocycles. The molecular weight excluding hydrogens is 372 g/mol. The van der Waals surface area contributed by atoms with Crippen LogP contribution in [0.25, 0.3) is 0 Å². The van der Waals surface area contributed by atoms with Crippen molar-refractivity contribution in [1.29, 1.82) is 0 Å². The first kappa shape index (κ1) is 20.5. The van der Waals surface area contributed by atoms with Crippen LogP contribution in [0.15, 0.2) is 36.7 Å². The predicted octanol–water partition coefficient (Wildman–Crippen LogP) is 1.26. The number of para-hydroxylation sites is 2. The van der Waals surface area contributed by atoms with E-state index < -0.39 is 0 Å². The normalized spacial score (nSPS) is 14.3. The van der Waals surface area contributed by atoms with E-state index >= 15 is 0 Å². The van der Waals surface area contributed by atoms with Crippen LogP contribution in [-0.4, -0.2) is 71.5 Å². The van der Waals surface area contributed by atoms with Gasteiger partial charge in [-0.3, -0.25) is 9.69 Å². The molecule has 154 valence electrons. The summed E-state index contributed by atoms with van der Waals surface area (Å²) >= 11 is 0. The van der Waals surface area contributed by atoms with Gasteiger partial charge in [-0.15, -0.1) is 0 Å². The molecule has 1 aromatic heterocycles. The van der Waals surface area contributed by atoms with E-state index in [1.807, 2.05) is 30.0 Å². The van der Waals surface area contributed by atoms with Gasteiger partial charge in [0.1, 0.15) is 12.1 Å². The van der Waals surface area contributed by atoms with Gasteiger partial charge in [0.15, 0.2) is 0 Å². The molecule has 0 atom stereocenters. The fourth-order valence-electron chi connectivity index (χ4n) is 3.13. The molecule has 3 rings (SSSR count). The van der Waals surface area contributed by atoms with Crippen LogP contribution in [-0.2, 0) is 11.3 Å². The fourth-order valence-corrected chi connectivity index (χ4v) is 3.13. The number of carbonyl (C=O) groups is 2. The minimum atomic E-state index is -0.126. The van der Waals surface area contributed by atoms with E-state index in [1.165, 1.54) is 6.33 Å². The zero-order valence-electron chi connectivity index (χ0n) is 16.7. The van der Waals surface area contributed by atoms with E-state index in [4.69, 9.17) is 4.74 Å². The van der Waals surface area contributed by atoms with Crippen molar-refractivity contribution in [1.82, 2.24) is 25.1 Å². The van der Waals surface area contributed by atoms with Gasteiger partial charge in [-0.2, -0.15) is 0 Å². The third kappa shape index (κ3) is 5.89. The molecule has 0 unspecified atom stereocenters. The van der Waals surface area contributed by atoms with Crippen LogP contribution < -0.4 is 15.4 Å².